The number of rotatable bonds is 3. The van der Waals surface area contributed by atoms with Gasteiger partial charge in [-0.05, 0) is 32.6 Å². The van der Waals surface area contributed by atoms with Crippen LogP contribution in [0.1, 0.15) is 44.0 Å². The van der Waals surface area contributed by atoms with E-state index in [9.17, 15) is 8.42 Å². The summed E-state index contributed by atoms with van der Waals surface area (Å²) in [6.07, 6.45) is 4.32. The molecule has 102 valence electrons. The molecule has 0 radical (unpaired) electrons. The summed E-state index contributed by atoms with van der Waals surface area (Å²) < 4.78 is 27.6. The van der Waals surface area contributed by atoms with Crippen LogP contribution in [0.5, 0.6) is 0 Å². The van der Waals surface area contributed by atoms with E-state index in [1.165, 1.54) is 6.42 Å². The van der Waals surface area contributed by atoms with E-state index in [4.69, 9.17) is 0 Å². The zero-order valence-electron chi connectivity index (χ0n) is 11.2. The Hall–Kier alpha value is -0.880. The summed E-state index contributed by atoms with van der Waals surface area (Å²) >= 11 is 0. The van der Waals surface area contributed by atoms with Crippen LogP contribution in [-0.2, 0) is 10.0 Å². The molecule has 0 saturated heterocycles. The molecule has 0 aromatic carbocycles. The first-order chi connectivity index (χ1) is 8.42. The van der Waals surface area contributed by atoms with Crippen LogP contribution in [0.25, 0.3) is 0 Å². The summed E-state index contributed by atoms with van der Waals surface area (Å²) in [6.45, 7) is 5.56. The third kappa shape index (κ3) is 2.59. The van der Waals surface area contributed by atoms with Crippen molar-refractivity contribution in [1.82, 2.24) is 14.9 Å². The normalized spacial score (nSPS) is 25.3. The first-order valence-electron chi connectivity index (χ1n) is 6.45. The lowest BCUT2D eigenvalue weighted by atomic mass is 9.87. The molecule has 0 aliphatic heterocycles. The van der Waals surface area contributed by atoms with Gasteiger partial charge in [0, 0.05) is 6.04 Å². The zero-order chi connectivity index (χ0) is 13.3. The topological polar surface area (TPSA) is 74.8 Å². The Balaban J connectivity index is 2.22. The Morgan fingerprint density at radius 2 is 1.94 bits per heavy atom. The van der Waals surface area contributed by atoms with E-state index in [-0.39, 0.29) is 6.04 Å². The number of aromatic amines is 1. The maximum absolute atomic E-state index is 12.4. The van der Waals surface area contributed by atoms with Gasteiger partial charge < -0.3 is 0 Å². The van der Waals surface area contributed by atoms with Crippen LogP contribution in [0.4, 0.5) is 0 Å². The van der Waals surface area contributed by atoms with Gasteiger partial charge in [-0.1, -0.05) is 19.8 Å². The fourth-order valence-corrected chi connectivity index (χ4v) is 4.44. The molecule has 18 heavy (non-hydrogen) atoms. The Labute approximate surface area is 108 Å². The number of sulfonamides is 1. The average Bonchev–Trinajstić information content (AvgIpc) is 2.62. The summed E-state index contributed by atoms with van der Waals surface area (Å²) in [6, 6.07) is 0.0532. The lowest BCUT2D eigenvalue weighted by molar-refractivity contribution is 0.310. The Kier molecular flexibility index (Phi) is 3.77. The number of H-pyrrole nitrogens is 1. The fourth-order valence-electron chi connectivity index (χ4n) is 2.69. The van der Waals surface area contributed by atoms with Crippen LogP contribution in [0.15, 0.2) is 4.90 Å². The van der Waals surface area contributed by atoms with Crippen LogP contribution in [0.2, 0.25) is 0 Å². The number of hydrogen-bond donors (Lipinski definition) is 2. The molecule has 1 aromatic rings. The lowest BCUT2D eigenvalue weighted by Crippen LogP contribution is -2.41. The van der Waals surface area contributed by atoms with Crippen molar-refractivity contribution in [3.63, 3.8) is 0 Å². The van der Waals surface area contributed by atoms with Crippen LogP contribution in [0, 0.1) is 19.8 Å². The standard InChI is InChI=1S/C12H21N3O2S/c1-8-6-4-5-7-11(8)15-18(16,17)12-9(2)13-14-10(12)3/h8,11,15H,4-7H2,1-3H3,(H,13,14). The lowest BCUT2D eigenvalue weighted by Gasteiger charge is -2.29. The zero-order valence-corrected chi connectivity index (χ0v) is 12.0. The Morgan fingerprint density at radius 3 is 2.50 bits per heavy atom. The number of nitrogens with zero attached hydrogens (tertiary/aromatic N) is 1. The van der Waals surface area contributed by atoms with Gasteiger partial charge in [0.25, 0.3) is 0 Å². The van der Waals surface area contributed by atoms with Gasteiger partial charge in [0.15, 0.2) is 0 Å². The molecule has 2 atom stereocenters. The molecule has 1 aliphatic rings. The minimum atomic E-state index is -3.45. The molecule has 0 amide bonds. The van der Waals surface area contributed by atoms with Gasteiger partial charge in [0.1, 0.15) is 4.90 Å². The van der Waals surface area contributed by atoms with Crippen LogP contribution in [0.3, 0.4) is 0 Å². The monoisotopic (exact) mass is 271 g/mol. The molecular formula is C12H21N3O2S. The molecule has 0 bridgehead atoms. The molecular weight excluding hydrogens is 250 g/mol. The highest BCUT2D eigenvalue weighted by Gasteiger charge is 2.29. The predicted molar refractivity (Wildman–Crippen MR) is 69.8 cm³/mol. The van der Waals surface area contributed by atoms with Gasteiger partial charge in [-0.15, -0.1) is 0 Å². The Bertz CT molecular complexity index is 502. The highest BCUT2D eigenvalue weighted by molar-refractivity contribution is 7.89. The van der Waals surface area contributed by atoms with E-state index in [1.807, 2.05) is 0 Å². The maximum Gasteiger partial charge on any atom is 0.244 e. The molecule has 1 fully saturated rings. The first-order valence-corrected chi connectivity index (χ1v) is 7.94. The number of aryl methyl sites for hydroxylation is 2. The van der Waals surface area contributed by atoms with E-state index in [0.29, 0.717) is 22.2 Å². The van der Waals surface area contributed by atoms with Crippen molar-refractivity contribution in [3.05, 3.63) is 11.4 Å². The summed E-state index contributed by atoms with van der Waals surface area (Å²) in [5, 5.41) is 6.67. The van der Waals surface area contributed by atoms with Gasteiger partial charge in [0.05, 0.1) is 11.4 Å². The highest BCUT2D eigenvalue weighted by atomic mass is 32.2. The first kappa shape index (κ1) is 13.5. The largest absolute Gasteiger partial charge is 0.281 e. The third-order valence-corrected chi connectivity index (χ3v) is 5.50. The predicted octanol–water partition coefficient (Wildman–Crippen LogP) is 1.88. The van der Waals surface area contributed by atoms with Crippen molar-refractivity contribution in [2.75, 3.05) is 0 Å². The average molecular weight is 271 g/mol. The maximum atomic E-state index is 12.4. The molecule has 2 N–H and O–H groups in total. The molecule has 0 spiro atoms. The second-order valence-electron chi connectivity index (χ2n) is 5.25. The minimum absolute atomic E-state index is 0.0532. The fraction of sp³-hybridized carbons (Fsp3) is 0.750. The second kappa shape index (κ2) is 5.01. The van der Waals surface area contributed by atoms with Crippen molar-refractivity contribution >= 4 is 10.0 Å². The summed E-state index contributed by atoms with van der Waals surface area (Å²) in [5.41, 5.74) is 1.13. The van der Waals surface area contributed by atoms with Gasteiger partial charge in [-0.2, -0.15) is 5.10 Å². The molecule has 1 heterocycles. The van der Waals surface area contributed by atoms with Gasteiger partial charge >= 0.3 is 0 Å². The van der Waals surface area contributed by atoms with E-state index in [1.54, 1.807) is 13.8 Å². The Morgan fingerprint density at radius 1 is 1.28 bits per heavy atom. The van der Waals surface area contributed by atoms with Gasteiger partial charge in [-0.25, -0.2) is 13.1 Å². The number of nitrogens with one attached hydrogen (secondary N) is 2. The van der Waals surface area contributed by atoms with Crippen molar-refractivity contribution in [1.29, 1.82) is 0 Å². The van der Waals surface area contributed by atoms with E-state index < -0.39 is 10.0 Å². The molecule has 2 unspecified atom stereocenters. The van der Waals surface area contributed by atoms with Crippen molar-refractivity contribution in [3.8, 4) is 0 Å². The van der Waals surface area contributed by atoms with E-state index in [0.717, 1.165) is 19.3 Å². The quantitative estimate of drug-likeness (QED) is 0.881. The van der Waals surface area contributed by atoms with Crippen LogP contribution in [-0.4, -0.2) is 24.7 Å². The highest BCUT2D eigenvalue weighted by Crippen LogP contribution is 2.26. The molecule has 1 saturated carbocycles. The van der Waals surface area contributed by atoms with Gasteiger partial charge in [-0.3, -0.25) is 5.10 Å². The third-order valence-electron chi connectivity index (χ3n) is 3.75. The van der Waals surface area contributed by atoms with Gasteiger partial charge in [0.2, 0.25) is 10.0 Å². The van der Waals surface area contributed by atoms with Crippen LogP contribution >= 0.6 is 0 Å². The van der Waals surface area contributed by atoms with E-state index >= 15 is 0 Å². The summed E-state index contributed by atoms with van der Waals surface area (Å²) in [5.74, 6) is 0.404. The summed E-state index contributed by atoms with van der Waals surface area (Å²) in [4.78, 5) is 0.306. The van der Waals surface area contributed by atoms with Crippen molar-refractivity contribution in [2.45, 2.75) is 57.4 Å². The minimum Gasteiger partial charge on any atom is -0.281 e. The van der Waals surface area contributed by atoms with E-state index in [2.05, 4.69) is 21.8 Å². The smallest absolute Gasteiger partial charge is 0.244 e. The van der Waals surface area contributed by atoms with Crippen molar-refractivity contribution in [2.24, 2.45) is 5.92 Å². The SMILES string of the molecule is Cc1n[nH]c(C)c1S(=O)(=O)NC1CCCCC1C. The molecule has 1 aromatic heterocycles. The molecule has 2 rings (SSSR count). The summed E-state index contributed by atoms with van der Waals surface area (Å²) in [7, 11) is -3.45. The molecule has 6 heteroatoms. The second-order valence-corrected chi connectivity index (χ2v) is 6.90. The van der Waals surface area contributed by atoms with Crippen molar-refractivity contribution < 1.29 is 8.42 Å². The number of hydrogen-bond acceptors (Lipinski definition) is 3. The van der Waals surface area contributed by atoms with Crippen LogP contribution < -0.4 is 4.72 Å². The molecule has 1 aliphatic carbocycles. The number of aromatic nitrogens is 2. The molecule has 5 nitrogen and oxygen atoms in total.